The third kappa shape index (κ3) is 5.22. The van der Waals surface area contributed by atoms with Gasteiger partial charge in [-0.2, -0.15) is 0 Å². The van der Waals surface area contributed by atoms with Crippen LogP contribution in [0.15, 0.2) is 42.9 Å². The van der Waals surface area contributed by atoms with E-state index in [2.05, 4.69) is 15.3 Å². The van der Waals surface area contributed by atoms with Crippen LogP contribution in [0.5, 0.6) is 5.75 Å². The highest BCUT2D eigenvalue weighted by Gasteiger charge is 2.23. The van der Waals surface area contributed by atoms with Gasteiger partial charge in [-0.15, -0.1) is 0 Å². The van der Waals surface area contributed by atoms with Crippen LogP contribution < -0.4 is 10.1 Å². The fourth-order valence-electron chi connectivity index (χ4n) is 2.96. The quantitative estimate of drug-likeness (QED) is 0.865. The second-order valence-corrected chi connectivity index (χ2v) is 6.29. The Balaban J connectivity index is 1.48. The van der Waals surface area contributed by atoms with E-state index in [-0.39, 0.29) is 35.9 Å². The Morgan fingerprint density at radius 1 is 1.22 bits per heavy atom. The maximum absolute atomic E-state index is 13.6. The van der Waals surface area contributed by atoms with Crippen LogP contribution in [-0.4, -0.2) is 52.4 Å². The largest absolute Gasteiger partial charge is 0.481 e. The Morgan fingerprint density at radius 2 is 2.07 bits per heavy atom. The van der Waals surface area contributed by atoms with Gasteiger partial charge in [0.15, 0.2) is 18.2 Å². The first-order valence-corrected chi connectivity index (χ1v) is 8.85. The minimum Gasteiger partial charge on any atom is -0.481 e. The molecule has 0 bridgehead atoms. The standard InChI is InChI=1S/C19H21FN4O3/c20-15-5-1-2-6-17(15)27-13-18(25)24-10-3-4-14(7-11-24)23-19(26)16-12-21-8-9-22-16/h1-2,5-6,8-9,12,14H,3-4,7,10-11,13H2,(H,23,26)/t14-/m1/s1. The number of para-hydroxylation sites is 1. The molecule has 7 nitrogen and oxygen atoms in total. The van der Waals surface area contributed by atoms with Crippen molar-refractivity contribution in [2.75, 3.05) is 19.7 Å². The monoisotopic (exact) mass is 372 g/mol. The topological polar surface area (TPSA) is 84.4 Å². The lowest BCUT2D eigenvalue weighted by Crippen LogP contribution is -2.38. The molecule has 8 heteroatoms. The second kappa shape index (κ2) is 9.07. The molecule has 1 saturated heterocycles. The van der Waals surface area contributed by atoms with Crippen molar-refractivity contribution in [3.63, 3.8) is 0 Å². The molecular formula is C19H21FN4O3. The molecule has 1 N–H and O–H groups in total. The number of hydrogen-bond donors (Lipinski definition) is 1. The van der Waals surface area contributed by atoms with Crippen molar-refractivity contribution in [1.82, 2.24) is 20.2 Å². The van der Waals surface area contributed by atoms with Gasteiger partial charge in [0.2, 0.25) is 0 Å². The smallest absolute Gasteiger partial charge is 0.271 e. The Bertz CT molecular complexity index is 788. The highest BCUT2D eigenvalue weighted by atomic mass is 19.1. The van der Waals surface area contributed by atoms with E-state index >= 15 is 0 Å². The van der Waals surface area contributed by atoms with Crippen molar-refractivity contribution < 1.29 is 18.7 Å². The fourth-order valence-corrected chi connectivity index (χ4v) is 2.96. The summed E-state index contributed by atoms with van der Waals surface area (Å²) in [6, 6.07) is 5.96. The summed E-state index contributed by atoms with van der Waals surface area (Å²) < 4.78 is 18.9. The maximum Gasteiger partial charge on any atom is 0.271 e. The number of likely N-dealkylation sites (tertiary alicyclic amines) is 1. The van der Waals surface area contributed by atoms with Crippen LogP contribution in [0.4, 0.5) is 4.39 Å². The first-order chi connectivity index (χ1) is 13.1. The van der Waals surface area contributed by atoms with Gasteiger partial charge in [0.1, 0.15) is 5.69 Å². The Hall–Kier alpha value is -3.03. The van der Waals surface area contributed by atoms with Crippen molar-refractivity contribution in [3.8, 4) is 5.75 Å². The molecule has 27 heavy (non-hydrogen) atoms. The minimum absolute atomic E-state index is 0.0372. The van der Waals surface area contributed by atoms with Crippen LogP contribution >= 0.6 is 0 Å². The third-order valence-electron chi connectivity index (χ3n) is 4.40. The number of benzene rings is 1. The van der Waals surface area contributed by atoms with Gasteiger partial charge >= 0.3 is 0 Å². The molecule has 1 aliphatic rings. The summed E-state index contributed by atoms with van der Waals surface area (Å²) in [5.41, 5.74) is 0.271. The van der Waals surface area contributed by atoms with E-state index in [0.717, 1.165) is 12.8 Å². The highest BCUT2D eigenvalue weighted by Crippen LogP contribution is 2.16. The predicted molar refractivity (Wildman–Crippen MR) is 95.6 cm³/mol. The molecule has 0 radical (unpaired) electrons. The van der Waals surface area contributed by atoms with E-state index in [0.29, 0.717) is 19.5 Å². The maximum atomic E-state index is 13.6. The molecular weight excluding hydrogens is 351 g/mol. The summed E-state index contributed by atoms with van der Waals surface area (Å²) in [6.07, 6.45) is 6.56. The van der Waals surface area contributed by atoms with E-state index in [1.54, 1.807) is 17.0 Å². The first-order valence-electron chi connectivity index (χ1n) is 8.85. The Labute approximate surface area is 156 Å². The zero-order valence-electron chi connectivity index (χ0n) is 14.8. The van der Waals surface area contributed by atoms with E-state index in [1.807, 2.05) is 0 Å². The summed E-state index contributed by atoms with van der Waals surface area (Å²) in [5, 5.41) is 2.94. The average molecular weight is 372 g/mol. The van der Waals surface area contributed by atoms with Crippen LogP contribution in [-0.2, 0) is 4.79 Å². The van der Waals surface area contributed by atoms with E-state index < -0.39 is 5.82 Å². The van der Waals surface area contributed by atoms with E-state index in [4.69, 9.17) is 4.74 Å². The van der Waals surface area contributed by atoms with Crippen LogP contribution in [0.3, 0.4) is 0 Å². The minimum atomic E-state index is -0.493. The van der Waals surface area contributed by atoms with Gasteiger partial charge in [0.25, 0.3) is 11.8 Å². The summed E-state index contributed by atoms with van der Waals surface area (Å²) in [7, 11) is 0. The molecule has 1 aromatic heterocycles. The normalized spacial score (nSPS) is 17.1. The van der Waals surface area contributed by atoms with Gasteiger partial charge in [-0.25, -0.2) is 9.37 Å². The van der Waals surface area contributed by atoms with Crippen LogP contribution in [0.1, 0.15) is 29.8 Å². The predicted octanol–water partition coefficient (Wildman–Crippen LogP) is 1.81. The molecule has 142 valence electrons. The Kier molecular flexibility index (Phi) is 6.30. The zero-order valence-corrected chi connectivity index (χ0v) is 14.8. The van der Waals surface area contributed by atoms with Gasteiger partial charge in [-0.1, -0.05) is 12.1 Å². The number of nitrogens with one attached hydrogen (secondary N) is 1. The summed E-state index contributed by atoms with van der Waals surface area (Å²) in [4.78, 5) is 34.1. The number of halogens is 1. The molecule has 0 saturated carbocycles. The van der Waals surface area contributed by atoms with Gasteiger partial charge in [0.05, 0.1) is 6.20 Å². The zero-order chi connectivity index (χ0) is 19.1. The SMILES string of the molecule is O=C(N[C@@H]1CCCN(C(=O)COc2ccccc2F)CC1)c1cnccn1. The number of hydrogen-bond acceptors (Lipinski definition) is 5. The molecule has 3 rings (SSSR count). The van der Waals surface area contributed by atoms with E-state index in [9.17, 15) is 14.0 Å². The molecule has 1 aromatic carbocycles. The number of ether oxygens (including phenoxy) is 1. The number of amides is 2. The molecule has 1 fully saturated rings. The third-order valence-corrected chi connectivity index (χ3v) is 4.40. The molecule has 0 aliphatic carbocycles. The lowest BCUT2D eigenvalue weighted by molar-refractivity contribution is -0.133. The molecule has 2 heterocycles. The van der Waals surface area contributed by atoms with Gasteiger partial charge in [-0.3, -0.25) is 14.6 Å². The van der Waals surface area contributed by atoms with Crippen molar-refractivity contribution in [2.45, 2.75) is 25.3 Å². The van der Waals surface area contributed by atoms with E-state index in [1.165, 1.54) is 30.7 Å². The second-order valence-electron chi connectivity index (χ2n) is 6.29. The fraction of sp³-hybridized carbons (Fsp3) is 0.368. The van der Waals surface area contributed by atoms with Crippen molar-refractivity contribution in [3.05, 3.63) is 54.4 Å². The molecule has 0 spiro atoms. The van der Waals surface area contributed by atoms with Crippen molar-refractivity contribution in [1.29, 1.82) is 0 Å². The van der Waals surface area contributed by atoms with Crippen molar-refractivity contribution in [2.24, 2.45) is 0 Å². The molecule has 2 aromatic rings. The number of carbonyl (C=O) groups excluding carboxylic acids is 2. The van der Waals surface area contributed by atoms with Crippen molar-refractivity contribution >= 4 is 11.8 Å². The van der Waals surface area contributed by atoms with Gasteiger partial charge in [0, 0.05) is 31.5 Å². The molecule has 1 aliphatic heterocycles. The van der Waals surface area contributed by atoms with Gasteiger partial charge < -0.3 is 15.0 Å². The summed E-state index contributed by atoms with van der Waals surface area (Å²) in [5.74, 6) is -0.891. The number of aromatic nitrogens is 2. The average Bonchev–Trinajstić information content (AvgIpc) is 2.93. The number of carbonyl (C=O) groups is 2. The lowest BCUT2D eigenvalue weighted by Gasteiger charge is -2.21. The summed E-state index contributed by atoms with van der Waals surface area (Å²) >= 11 is 0. The Morgan fingerprint density at radius 3 is 2.85 bits per heavy atom. The molecule has 2 amide bonds. The van der Waals surface area contributed by atoms with Crippen LogP contribution in [0.2, 0.25) is 0 Å². The van der Waals surface area contributed by atoms with Gasteiger partial charge in [-0.05, 0) is 31.4 Å². The highest BCUT2D eigenvalue weighted by molar-refractivity contribution is 5.92. The van der Waals surface area contributed by atoms with Crippen LogP contribution in [0.25, 0.3) is 0 Å². The summed E-state index contributed by atoms with van der Waals surface area (Å²) in [6.45, 7) is 0.874. The number of nitrogens with zero attached hydrogens (tertiary/aromatic N) is 3. The number of rotatable bonds is 5. The molecule has 0 unspecified atom stereocenters. The first kappa shape index (κ1) is 18.8. The molecule has 1 atom stereocenters. The van der Waals surface area contributed by atoms with Crippen LogP contribution in [0, 0.1) is 5.82 Å². The lowest BCUT2D eigenvalue weighted by atomic mass is 10.1.